The minimum atomic E-state index is -4.56. The van der Waals surface area contributed by atoms with E-state index in [1.165, 1.54) is 12.1 Å². The summed E-state index contributed by atoms with van der Waals surface area (Å²) in [5.41, 5.74) is 0.132. The monoisotopic (exact) mass is 400 g/mol. The van der Waals surface area contributed by atoms with Crippen LogP contribution in [0.3, 0.4) is 0 Å². The maximum Gasteiger partial charge on any atom is 0.416 e. The zero-order valence-corrected chi connectivity index (χ0v) is 15.6. The van der Waals surface area contributed by atoms with Gasteiger partial charge < -0.3 is 4.90 Å². The highest BCUT2D eigenvalue weighted by Gasteiger charge is 2.43. The van der Waals surface area contributed by atoms with Gasteiger partial charge in [0.05, 0.1) is 16.8 Å². The second kappa shape index (κ2) is 7.39. The van der Waals surface area contributed by atoms with Gasteiger partial charge in [0.15, 0.2) is 0 Å². The zero-order valence-electron chi connectivity index (χ0n) is 15.6. The molecule has 0 atom stereocenters. The summed E-state index contributed by atoms with van der Waals surface area (Å²) in [6.45, 7) is 1.28. The molecule has 29 heavy (non-hydrogen) atoms. The molecular formula is C22H19F3N2O2. The smallest absolute Gasteiger partial charge is 0.366 e. The first-order valence-corrected chi connectivity index (χ1v) is 9.48. The van der Waals surface area contributed by atoms with Crippen LogP contribution in [-0.2, 0) is 15.8 Å². The quantitative estimate of drug-likeness (QED) is 0.714. The van der Waals surface area contributed by atoms with E-state index in [0.29, 0.717) is 18.7 Å². The van der Waals surface area contributed by atoms with Crippen LogP contribution in [0.1, 0.15) is 30.4 Å². The molecule has 0 radical (unpaired) electrons. The molecule has 0 saturated carbocycles. The van der Waals surface area contributed by atoms with Crippen LogP contribution in [0.15, 0.2) is 60.3 Å². The Hall–Kier alpha value is -3.09. The lowest BCUT2D eigenvalue weighted by Gasteiger charge is -2.29. The summed E-state index contributed by atoms with van der Waals surface area (Å²) in [6.07, 6.45) is -1.72. The molecular weight excluding hydrogens is 381 g/mol. The number of alkyl halides is 3. The molecule has 0 aliphatic carbocycles. The van der Waals surface area contributed by atoms with Crippen molar-refractivity contribution in [3.05, 3.63) is 71.4 Å². The number of nitrogens with zero attached hydrogens (tertiary/aromatic N) is 2. The molecule has 2 aliphatic heterocycles. The van der Waals surface area contributed by atoms with Crippen LogP contribution in [0.2, 0.25) is 0 Å². The molecule has 1 fully saturated rings. The van der Waals surface area contributed by atoms with Gasteiger partial charge >= 0.3 is 6.18 Å². The summed E-state index contributed by atoms with van der Waals surface area (Å²) >= 11 is 0. The van der Waals surface area contributed by atoms with Gasteiger partial charge in [0, 0.05) is 13.1 Å². The van der Waals surface area contributed by atoms with Gasteiger partial charge in [-0.15, -0.1) is 0 Å². The second-order valence-corrected chi connectivity index (χ2v) is 7.13. The lowest BCUT2D eigenvalue weighted by Crippen LogP contribution is -2.37. The third-order valence-corrected chi connectivity index (χ3v) is 5.23. The molecule has 0 aromatic heterocycles. The van der Waals surface area contributed by atoms with E-state index < -0.39 is 23.6 Å². The average molecular weight is 400 g/mol. The van der Waals surface area contributed by atoms with Gasteiger partial charge in [-0.3, -0.25) is 9.59 Å². The minimum absolute atomic E-state index is 0.0738. The van der Waals surface area contributed by atoms with Crippen LogP contribution in [0.25, 0.3) is 5.57 Å². The first-order valence-electron chi connectivity index (χ1n) is 9.48. The highest BCUT2D eigenvalue weighted by molar-refractivity contribution is 6.45. The largest absolute Gasteiger partial charge is 0.416 e. The predicted molar refractivity (Wildman–Crippen MR) is 103 cm³/mol. The number of likely N-dealkylation sites (tertiary alicyclic amines) is 1. The molecule has 2 aromatic rings. The van der Waals surface area contributed by atoms with Crippen molar-refractivity contribution in [3.63, 3.8) is 0 Å². The van der Waals surface area contributed by atoms with E-state index in [-0.39, 0.29) is 17.0 Å². The van der Waals surface area contributed by atoms with Gasteiger partial charge in [0.2, 0.25) is 0 Å². The summed E-state index contributed by atoms with van der Waals surface area (Å²) in [7, 11) is 0. The van der Waals surface area contributed by atoms with Crippen molar-refractivity contribution in [2.45, 2.75) is 25.4 Å². The van der Waals surface area contributed by atoms with Crippen molar-refractivity contribution >= 4 is 23.1 Å². The van der Waals surface area contributed by atoms with Crippen molar-refractivity contribution in [2.24, 2.45) is 0 Å². The molecule has 4 rings (SSSR count). The van der Waals surface area contributed by atoms with Crippen LogP contribution in [0.4, 0.5) is 18.9 Å². The van der Waals surface area contributed by atoms with E-state index in [1.807, 2.05) is 4.90 Å². The molecule has 2 amide bonds. The molecule has 4 nitrogen and oxygen atoms in total. The van der Waals surface area contributed by atoms with E-state index in [0.717, 1.165) is 36.3 Å². The Morgan fingerprint density at radius 2 is 1.48 bits per heavy atom. The molecule has 0 spiro atoms. The van der Waals surface area contributed by atoms with E-state index in [1.54, 1.807) is 30.3 Å². The number of hydrogen-bond donors (Lipinski definition) is 0. The highest BCUT2D eigenvalue weighted by atomic mass is 19.4. The van der Waals surface area contributed by atoms with Crippen LogP contribution < -0.4 is 4.90 Å². The van der Waals surface area contributed by atoms with Crippen LogP contribution >= 0.6 is 0 Å². The van der Waals surface area contributed by atoms with Crippen LogP contribution in [-0.4, -0.2) is 29.8 Å². The SMILES string of the molecule is O=C1C(c2ccccc2)=C(N2CCCCC2)C(=O)N1c1cccc(C(F)(F)F)c1. The maximum absolute atomic E-state index is 13.3. The van der Waals surface area contributed by atoms with E-state index in [4.69, 9.17) is 0 Å². The fourth-order valence-electron chi connectivity index (χ4n) is 3.85. The van der Waals surface area contributed by atoms with Gasteiger partial charge in [-0.25, -0.2) is 4.90 Å². The number of carbonyl (C=O) groups excluding carboxylic acids is 2. The Kier molecular flexibility index (Phi) is 4.90. The summed E-state index contributed by atoms with van der Waals surface area (Å²) in [6, 6.07) is 13.1. The van der Waals surface area contributed by atoms with Gasteiger partial charge in [-0.1, -0.05) is 36.4 Å². The third-order valence-electron chi connectivity index (χ3n) is 5.23. The molecule has 150 valence electrons. The number of hydrogen-bond acceptors (Lipinski definition) is 3. The van der Waals surface area contributed by atoms with Gasteiger partial charge in [-0.05, 0) is 43.0 Å². The van der Waals surface area contributed by atoms with Crippen molar-refractivity contribution in [1.82, 2.24) is 4.90 Å². The van der Waals surface area contributed by atoms with Gasteiger partial charge in [0.25, 0.3) is 11.8 Å². The standard InChI is InChI=1S/C22H19F3N2O2/c23-22(24,25)16-10-7-11-17(14-16)27-20(28)18(15-8-3-1-4-9-15)19(21(27)29)26-12-5-2-6-13-26/h1,3-4,7-11,14H,2,5-6,12-13H2. The Morgan fingerprint density at radius 3 is 2.14 bits per heavy atom. The molecule has 0 N–H and O–H groups in total. The lowest BCUT2D eigenvalue weighted by atomic mass is 10.0. The number of anilines is 1. The zero-order chi connectivity index (χ0) is 20.6. The Labute approximate surface area is 166 Å². The molecule has 2 aliphatic rings. The van der Waals surface area contributed by atoms with E-state index in [9.17, 15) is 22.8 Å². The average Bonchev–Trinajstić information content (AvgIpc) is 2.99. The Bertz CT molecular complexity index is 977. The number of rotatable bonds is 3. The van der Waals surface area contributed by atoms with Gasteiger partial charge in [0.1, 0.15) is 5.70 Å². The molecule has 2 heterocycles. The fourth-order valence-corrected chi connectivity index (χ4v) is 3.85. The summed E-state index contributed by atoms with van der Waals surface area (Å²) in [4.78, 5) is 29.3. The fraction of sp³-hybridized carbons (Fsp3) is 0.273. The normalized spacial score (nSPS) is 18.0. The van der Waals surface area contributed by atoms with Crippen molar-refractivity contribution in [3.8, 4) is 0 Å². The van der Waals surface area contributed by atoms with Crippen molar-refractivity contribution in [2.75, 3.05) is 18.0 Å². The Morgan fingerprint density at radius 1 is 0.793 bits per heavy atom. The predicted octanol–water partition coefficient (Wildman–Crippen LogP) is 4.48. The lowest BCUT2D eigenvalue weighted by molar-refractivity contribution is -0.137. The topological polar surface area (TPSA) is 40.6 Å². The maximum atomic E-state index is 13.3. The first-order chi connectivity index (χ1) is 13.9. The number of piperidine rings is 1. The summed E-state index contributed by atoms with van der Waals surface area (Å²) in [5, 5.41) is 0. The van der Waals surface area contributed by atoms with Crippen molar-refractivity contribution < 1.29 is 22.8 Å². The third kappa shape index (κ3) is 3.52. The number of halogens is 3. The van der Waals surface area contributed by atoms with Crippen LogP contribution in [0, 0.1) is 0 Å². The van der Waals surface area contributed by atoms with Gasteiger partial charge in [-0.2, -0.15) is 13.2 Å². The highest BCUT2D eigenvalue weighted by Crippen LogP contribution is 2.38. The Balaban J connectivity index is 1.81. The molecule has 1 saturated heterocycles. The minimum Gasteiger partial charge on any atom is -0.366 e. The molecule has 2 aromatic carbocycles. The molecule has 0 bridgehead atoms. The van der Waals surface area contributed by atoms with Crippen LogP contribution in [0.5, 0.6) is 0 Å². The van der Waals surface area contributed by atoms with Crippen molar-refractivity contribution in [1.29, 1.82) is 0 Å². The number of carbonyl (C=O) groups is 2. The number of imide groups is 1. The first kappa shape index (κ1) is 19.2. The number of benzene rings is 2. The molecule has 0 unspecified atom stereocenters. The van der Waals surface area contributed by atoms with E-state index in [2.05, 4.69) is 0 Å². The summed E-state index contributed by atoms with van der Waals surface area (Å²) < 4.78 is 39.5. The number of amides is 2. The van der Waals surface area contributed by atoms with E-state index >= 15 is 0 Å². The second-order valence-electron chi connectivity index (χ2n) is 7.13. The summed E-state index contributed by atoms with van der Waals surface area (Å²) in [5.74, 6) is -1.17. The molecule has 7 heteroatoms.